The second kappa shape index (κ2) is 8.26. The van der Waals surface area contributed by atoms with Crippen LogP contribution in [0, 0.1) is 0 Å². The van der Waals surface area contributed by atoms with E-state index in [1.54, 1.807) is 13.2 Å². The second-order valence-electron chi connectivity index (χ2n) is 5.45. The van der Waals surface area contributed by atoms with E-state index in [0.717, 1.165) is 11.2 Å². The lowest BCUT2D eigenvalue weighted by Crippen LogP contribution is -2.21. The van der Waals surface area contributed by atoms with Crippen LogP contribution < -0.4 is 5.56 Å². The Kier molecular flexibility index (Phi) is 6.28. The van der Waals surface area contributed by atoms with Gasteiger partial charge < -0.3 is 10.1 Å². The van der Waals surface area contributed by atoms with Crippen molar-refractivity contribution in [3.05, 3.63) is 39.5 Å². The smallest absolute Gasteiger partial charge is 0.475 e. The molecule has 3 heterocycles. The Labute approximate surface area is 154 Å². The molecule has 0 radical (unpaired) electrons. The molecule has 2 N–H and O–H groups in total. The van der Waals surface area contributed by atoms with Gasteiger partial charge in [-0.05, 0) is 18.5 Å². The minimum absolute atomic E-state index is 0.0760. The van der Waals surface area contributed by atoms with E-state index in [4.69, 9.17) is 9.90 Å². The summed E-state index contributed by atoms with van der Waals surface area (Å²) in [6.07, 6.45) is -3.35. The van der Waals surface area contributed by atoms with Crippen LogP contribution >= 0.6 is 11.3 Å². The first-order valence-electron chi connectivity index (χ1n) is 7.36. The molecule has 0 aromatic carbocycles. The predicted molar refractivity (Wildman–Crippen MR) is 90.1 cm³/mol. The standard InChI is InChI=1S/C12H14N6OS.C2HF3O2/c1-17(6-8-5-13-18(2)16-8)7-10-14-9-3-4-20-11(9)12(19)15-10;3-2(4,5)1(6)7/h3-5H,6-7H2,1-2H3,(H,14,15,19);(H,6,7). The molecular weight excluding hydrogens is 389 g/mol. The summed E-state index contributed by atoms with van der Waals surface area (Å²) in [5, 5.41) is 17.3. The Hall–Kier alpha value is -2.80. The quantitative estimate of drug-likeness (QED) is 0.675. The predicted octanol–water partition coefficient (Wildman–Crippen LogP) is 1.38. The van der Waals surface area contributed by atoms with Crippen LogP contribution in [0.25, 0.3) is 10.2 Å². The van der Waals surface area contributed by atoms with Crippen molar-refractivity contribution in [2.75, 3.05) is 7.05 Å². The molecule has 0 spiro atoms. The highest BCUT2D eigenvalue weighted by Crippen LogP contribution is 2.14. The summed E-state index contributed by atoms with van der Waals surface area (Å²) >= 11 is 1.41. The summed E-state index contributed by atoms with van der Waals surface area (Å²) in [6, 6.07) is 1.86. The molecule has 0 amide bonds. The zero-order valence-electron chi connectivity index (χ0n) is 14.2. The molecule has 0 fully saturated rings. The minimum Gasteiger partial charge on any atom is -0.475 e. The fourth-order valence-electron chi connectivity index (χ4n) is 2.04. The Morgan fingerprint density at radius 3 is 2.63 bits per heavy atom. The number of thiophene rings is 1. The first-order valence-corrected chi connectivity index (χ1v) is 8.24. The van der Waals surface area contributed by atoms with Gasteiger partial charge in [0.15, 0.2) is 0 Å². The summed E-state index contributed by atoms with van der Waals surface area (Å²) in [7, 11) is 3.74. The number of aromatic nitrogens is 5. The third kappa shape index (κ3) is 5.86. The molecule has 146 valence electrons. The molecule has 3 aromatic rings. The van der Waals surface area contributed by atoms with Crippen molar-refractivity contribution in [3.8, 4) is 0 Å². The van der Waals surface area contributed by atoms with Gasteiger partial charge in [0.05, 0.1) is 24.0 Å². The molecule has 3 rings (SSSR count). The Balaban J connectivity index is 0.000000321. The van der Waals surface area contributed by atoms with E-state index in [2.05, 4.69) is 20.2 Å². The molecule has 0 atom stereocenters. The van der Waals surface area contributed by atoms with Crippen molar-refractivity contribution in [1.29, 1.82) is 0 Å². The van der Waals surface area contributed by atoms with Crippen molar-refractivity contribution < 1.29 is 23.1 Å². The Morgan fingerprint density at radius 2 is 2.07 bits per heavy atom. The van der Waals surface area contributed by atoms with Gasteiger partial charge in [-0.25, -0.2) is 9.78 Å². The van der Waals surface area contributed by atoms with Crippen molar-refractivity contribution in [1.82, 2.24) is 29.9 Å². The molecule has 13 heteroatoms. The van der Waals surface area contributed by atoms with E-state index in [1.165, 1.54) is 16.1 Å². The molecule has 3 aromatic heterocycles. The van der Waals surface area contributed by atoms with Gasteiger partial charge in [-0.3, -0.25) is 9.69 Å². The number of H-pyrrole nitrogens is 1. The number of hydrogen-bond acceptors (Lipinski definition) is 7. The highest BCUT2D eigenvalue weighted by atomic mass is 32.1. The van der Waals surface area contributed by atoms with Gasteiger partial charge in [-0.2, -0.15) is 28.2 Å². The summed E-state index contributed by atoms with van der Waals surface area (Å²) < 4.78 is 32.4. The van der Waals surface area contributed by atoms with Crippen LogP contribution in [0.2, 0.25) is 0 Å². The molecule has 0 unspecified atom stereocenters. The molecule has 27 heavy (non-hydrogen) atoms. The highest BCUT2D eigenvalue weighted by molar-refractivity contribution is 7.17. The molecule has 0 saturated heterocycles. The molecule has 0 saturated carbocycles. The van der Waals surface area contributed by atoms with E-state index in [-0.39, 0.29) is 5.56 Å². The number of aliphatic carboxylic acids is 1. The maximum Gasteiger partial charge on any atom is 0.490 e. The molecular formula is C14H15F3N6O3S. The van der Waals surface area contributed by atoms with Gasteiger partial charge in [-0.1, -0.05) is 0 Å². The van der Waals surface area contributed by atoms with Crippen LogP contribution in [0.3, 0.4) is 0 Å². The van der Waals surface area contributed by atoms with Crippen LogP contribution in [0.5, 0.6) is 0 Å². The first-order chi connectivity index (χ1) is 12.6. The van der Waals surface area contributed by atoms with Crippen LogP contribution in [-0.4, -0.2) is 54.2 Å². The third-order valence-corrected chi connectivity index (χ3v) is 4.01. The van der Waals surface area contributed by atoms with E-state index < -0.39 is 12.1 Å². The largest absolute Gasteiger partial charge is 0.490 e. The Bertz CT molecular complexity index is 980. The zero-order valence-corrected chi connectivity index (χ0v) is 15.0. The average molecular weight is 404 g/mol. The summed E-state index contributed by atoms with van der Waals surface area (Å²) in [5.41, 5.74) is 1.56. The Morgan fingerprint density at radius 1 is 1.41 bits per heavy atom. The average Bonchev–Trinajstić information content (AvgIpc) is 3.16. The summed E-state index contributed by atoms with van der Waals surface area (Å²) in [6.45, 7) is 1.21. The topological polar surface area (TPSA) is 117 Å². The number of nitrogens with one attached hydrogen (secondary N) is 1. The van der Waals surface area contributed by atoms with Crippen molar-refractivity contribution >= 4 is 27.5 Å². The molecule has 0 aliphatic rings. The van der Waals surface area contributed by atoms with E-state index in [9.17, 15) is 18.0 Å². The van der Waals surface area contributed by atoms with Crippen LogP contribution in [-0.2, 0) is 24.9 Å². The number of halogens is 3. The maximum atomic E-state index is 11.9. The number of nitrogens with zero attached hydrogens (tertiary/aromatic N) is 5. The van der Waals surface area contributed by atoms with Crippen molar-refractivity contribution in [2.45, 2.75) is 19.3 Å². The zero-order chi connectivity index (χ0) is 20.2. The SMILES string of the molecule is CN(Cc1cnn(C)n1)Cc1nc2ccsc2c(=O)[nH]1.O=C(O)C(F)(F)F. The number of fused-ring (bicyclic) bond motifs is 1. The van der Waals surface area contributed by atoms with Crippen LogP contribution in [0.15, 0.2) is 22.4 Å². The number of carboxylic acids is 1. The van der Waals surface area contributed by atoms with Crippen LogP contribution in [0.1, 0.15) is 11.5 Å². The number of carbonyl (C=O) groups is 1. The molecule has 0 aliphatic carbocycles. The highest BCUT2D eigenvalue weighted by Gasteiger charge is 2.38. The lowest BCUT2D eigenvalue weighted by Gasteiger charge is -2.13. The minimum atomic E-state index is -5.08. The maximum absolute atomic E-state index is 11.9. The van der Waals surface area contributed by atoms with Crippen molar-refractivity contribution in [2.24, 2.45) is 7.05 Å². The monoisotopic (exact) mass is 404 g/mol. The second-order valence-corrected chi connectivity index (χ2v) is 6.36. The fourth-order valence-corrected chi connectivity index (χ4v) is 2.77. The van der Waals surface area contributed by atoms with Gasteiger partial charge in [0.2, 0.25) is 0 Å². The number of aryl methyl sites for hydroxylation is 1. The normalized spacial score (nSPS) is 11.5. The summed E-state index contributed by atoms with van der Waals surface area (Å²) in [4.78, 5) is 31.6. The number of carboxylic acid groups (broad SMARTS) is 1. The van der Waals surface area contributed by atoms with Gasteiger partial charge in [0.1, 0.15) is 10.5 Å². The fraction of sp³-hybridized carbons (Fsp3) is 0.357. The number of rotatable bonds is 4. The lowest BCUT2D eigenvalue weighted by molar-refractivity contribution is -0.192. The molecule has 9 nitrogen and oxygen atoms in total. The molecule has 0 bridgehead atoms. The third-order valence-electron chi connectivity index (χ3n) is 3.11. The van der Waals surface area contributed by atoms with Gasteiger partial charge in [0, 0.05) is 13.6 Å². The van der Waals surface area contributed by atoms with E-state index in [0.29, 0.717) is 23.6 Å². The number of hydrogen-bond donors (Lipinski definition) is 2. The summed E-state index contributed by atoms with van der Waals surface area (Å²) in [5.74, 6) is -2.10. The number of aromatic amines is 1. The first kappa shape index (κ1) is 20.5. The van der Waals surface area contributed by atoms with Crippen molar-refractivity contribution in [3.63, 3.8) is 0 Å². The van der Waals surface area contributed by atoms with Gasteiger partial charge in [-0.15, -0.1) is 11.3 Å². The van der Waals surface area contributed by atoms with Gasteiger partial charge in [0.25, 0.3) is 5.56 Å². The number of alkyl halides is 3. The molecule has 0 aliphatic heterocycles. The van der Waals surface area contributed by atoms with Gasteiger partial charge >= 0.3 is 12.1 Å². The van der Waals surface area contributed by atoms with Crippen LogP contribution in [0.4, 0.5) is 13.2 Å². The van der Waals surface area contributed by atoms with E-state index >= 15 is 0 Å². The lowest BCUT2D eigenvalue weighted by atomic mass is 10.4. The van der Waals surface area contributed by atoms with E-state index in [1.807, 2.05) is 23.4 Å².